The van der Waals surface area contributed by atoms with Gasteiger partial charge in [0.05, 0.1) is 12.6 Å². The van der Waals surface area contributed by atoms with Gasteiger partial charge in [-0.05, 0) is 59.6 Å². The van der Waals surface area contributed by atoms with Gasteiger partial charge in [0.15, 0.2) is 0 Å². The van der Waals surface area contributed by atoms with E-state index in [0.29, 0.717) is 5.92 Å². The molecule has 0 heterocycles. The van der Waals surface area contributed by atoms with Crippen LogP contribution in [0.3, 0.4) is 0 Å². The standard InChI is InChI=1S/C15H15NO2/c17-7-14(8-1-2-8)16-15(18)11-4-3-10-12-5-9(12)6-13(10)11/h3-4,6,8,14,17H,1-2,5,7H2,(H,16,18)/t14-/m1/s1. The molecule has 0 aliphatic heterocycles. The average Bonchev–Trinajstić information content (AvgIpc) is 3.26. The molecule has 0 aromatic rings. The van der Waals surface area contributed by atoms with Gasteiger partial charge in [0.2, 0.25) is 0 Å². The van der Waals surface area contributed by atoms with Crippen LogP contribution in [0.2, 0.25) is 0 Å². The summed E-state index contributed by atoms with van der Waals surface area (Å²) < 4.78 is 0. The van der Waals surface area contributed by atoms with Crippen molar-refractivity contribution < 1.29 is 9.90 Å². The lowest BCUT2D eigenvalue weighted by Crippen LogP contribution is -2.39. The van der Waals surface area contributed by atoms with E-state index < -0.39 is 0 Å². The van der Waals surface area contributed by atoms with Gasteiger partial charge in [0.1, 0.15) is 0 Å². The molecule has 0 unspecified atom stereocenters. The second-order valence-corrected chi connectivity index (χ2v) is 5.50. The number of aliphatic hydroxyl groups is 1. The minimum absolute atomic E-state index is 0.0395. The number of fused-ring (bicyclic) bond motifs is 2. The molecular weight excluding hydrogens is 226 g/mol. The van der Waals surface area contributed by atoms with Crippen molar-refractivity contribution in [2.45, 2.75) is 25.3 Å². The molecule has 0 bridgehead atoms. The van der Waals surface area contributed by atoms with Crippen molar-refractivity contribution >= 4 is 5.91 Å². The van der Waals surface area contributed by atoms with Crippen LogP contribution in [0.5, 0.6) is 0 Å². The molecule has 4 aliphatic carbocycles. The quantitative estimate of drug-likeness (QED) is 0.781. The molecule has 4 aliphatic rings. The average molecular weight is 241 g/mol. The minimum atomic E-state index is -0.0701. The molecule has 0 aromatic carbocycles. The molecule has 1 atom stereocenters. The fourth-order valence-electron chi connectivity index (χ4n) is 2.89. The van der Waals surface area contributed by atoms with E-state index in [4.69, 9.17) is 0 Å². The van der Waals surface area contributed by atoms with E-state index in [1.54, 1.807) is 0 Å². The molecule has 1 amide bonds. The number of aliphatic hydroxyl groups excluding tert-OH is 1. The number of carbonyl (C=O) groups excluding carboxylic acids is 1. The number of hydrogen-bond acceptors (Lipinski definition) is 2. The van der Waals surface area contributed by atoms with Gasteiger partial charge in [-0.1, -0.05) is 6.08 Å². The Morgan fingerprint density at radius 2 is 2.22 bits per heavy atom. The summed E-state index contributed by atoms with van der Waals surface area (Å²) >= 11 is 0. The number of rotatable bonds is 4. The Morgan fingerprint density at radius 3 is 2.94 bits per heavy atom. The maximum atomic E-state index is 12.2. The molecule has 0 spiro atoms. The summed E-state index contributed by atoms with van der Waals surface area (Å²) in [7, 11) is 0. The normalized spacial score (nSPS) is 25.1. The topological polar surface area (TPSA) is 49.3 Å². The van der Waals surface area contributed by atoms with E-state index in [0.717, 1.165) is 30.4 Å². The lowest BCUT2D eigenvalue weighted by molar-refractivity contribution is -0.118. The zero-order chi connectivity index (χ0) is 12.3. The Bertz CT molecular complexity index is 573. The Labute approximate surface area is 106 Å². The Hall–Kier alpha value is -1.61. The van der Waals surface area contributed by atoms with E-state index in [1.165, 1.54) is 16.7 Å². The van der Waals surface area contributed by atoms with E-state index in [1.807, 2.05) is 12.2 Å². The van der Waals surface area contributed by atoms with Crippen molar-refractivity contribution in [2.24, 2.45) is 5.92 Å². The lowest BCUT2D eigenvalue weighted by Gasteiger charge is -2.15. The van der Waals surface area contributed by atoms with Gasteiger partial charge >= 0.3 is 0 Å². The monoisotopic (exact) mass is 241 g/mol. The molecular formula is C15H15NO2. The van der Waals surface area contributed by atoms with E-state index in [9.17, 15) is 9.90 Å². The summed E-state index contributed by atoms with van der Waals surface area (Å²) in [4.78, 5) is 12.2. The van der Waals surface area contributed by atoms with Crippen molar-refractivity contribution in [1.82, 2.24) is 5.32 Å². The van der Waals surface area contributed by atoms with Gasteiger partial charge in [-0.2, -0.15) is 0 Å². The van der Waals surface area contributed by atoms with Crippen LogP contribution in [-0.4, -0.2) is 23.7 Å². The van der Waals surface area contributed by atoms with Crippen molar-refractivity contribution in [2.75, 3.05) is 6.61 Å². The fraction of sp³-hybridized carbons (Fsp3) is 0.400. The van der Waals surface area contributed by atoms with Crippen molar-refractivity contribution in [3.63, 3.8) is 0 Å². The first-order valence-electron chi connectivity index (χ1n) is 6.56. The summed E-state index contributed by atoms with van der Waals surface area (Å²) in [5.41, 5.74) is 5.87. The third-order valence-electron chi connectivity index (χ3n) is 4.22. The molecule has 2 N–H and O–H groups in total. The first kappa shape index (κ1) is 10.3. The van der Waals surface area contributed by atoms with Gasteiger partial charge in [0, 0.05) is 5.57 Å². The number of carbonyl (C=O) groups is 1. The first-order chi connectivity index (χ1) is 8.78. The smallest absolute Gasteiger partial charge is 0.252 e. The molecule has 2 saturated carbocycles. The van der Waals surface area contributed by atoms with Crippen molar-refractivity contribution in [3.8, 4) is 0 Å². The van der Waals surface area contributed by atoms with E-state index in [2.05, 4.69) is 11.4 Å². The van der Waals surface area contributed by atoms with Gasteiger partial charge in [-0.15, -0.1) is 0 Å². The third-order valence-corrected chi connectivity index (χ3v) is 4.22. The van der Waals surface area contributed by atoms with Gasteiger partial charge in [-0.3, -0.25) is 4.79 Å². The second-order valence-electron chi connectivity index (χ2n) is 5.50. The number of allylic oxidation sites excluding steroid dienone is 6. The molecule has 3 nitrogen and oxygen atoms in total. The molecule has 0 radical (unpaired) electrons. The van der Waals surface area contributed by atoms with E-state index >= 15 is 0 Å². The minimum Gasteiger partial charge on any atom is -0.394 e. The number of hydrogen-bond donors (Lipinski definition) is 2. The SMILES string of the molecule is O=C(N[C@H](CO)C1CC1)C1=C2C=C3CC3=C2C=C1. The van der Waals surface area contributed by atoms with E-state index in [-0.39, 0.29) is 18.6 Å². The molecule has 2 fully saturated rings. The summed E-state index contributed by atoms with van der Waals surface area (Å²) in [5, 5.41) is 12.3. The Morgan fingerprint density at radius 1 is 1.39 bits per heavy atom. The van der Waals surface area contributed by atoms with Crippen LogP contribution in [-0.2, 0) is 4.79 Å². The molecule has 0 saturated heterocycles. The summed E-state index contributed by atoms with van der Waals surface area (Å²) in [6.45, 7) is 0.0395. The summed E-state index contributed by atoms with van der Waals surface area (Å²) in [6.07, 6.45) is 9.41. The van der Waals surface area contributed by atoms with Crippen molar-refractivity contribution in [1.29, 1.82) is 0 Å². The maximum Gasteiger partial charge on any atom is 0.252 e. The summed E-state index contributed by atoms with van der Waals surface area (Å²) in [6, 6.07) is -0.0701. The first-order valence-corrected chi connectivity index (χ1v) is 6.56. The number of amides is 1. The molecule has 0 aromatic heterocycles. The van der Waals surface area contributed by atoms with Gasteiger partial charge in [0.25, 0.3) is 5.91 Å². The molecule has 4 rings (SSSR count). The highest BCUT2D eigenvalue weighted by Gasteiger charge is 2.37. The molecule has 3 heteroatoms. The largest absolute Gasteiger partial charge is 0.394 e. The van der Waals surface area contributed by atoms with Gasteiger partial charge in [-0.25, -0.2) is 0 Å². The predicted molar refractivity (Wildman–Crippen MR) is 67.6 cm³/mol. The highest BCUT2D eigenvalue weighted by atomic mass is 16.3. The summed E-state index contributed by atoms with van der Waals surface area (Å²) in [5.74, 6) is 0.434. The predicted octanol–water partition coefficient (Wildman–Crippen LogP) is 1.38. The van der Waals surface area contributed by atoms with Crippen molar-refractivity contribution in [3.05, 3.63) is 46.1 Å². The zero-order valence-corrected chi connectivity index (χ0v) is 10.1. The van der Waals surface area contributed by atoms with Crippen LogP contribution in [0, 0.1) is 5.92 Å². The Kier molecular flexibility index (Phi) is 1.98. The third kappa shape index (κ3) is 1.44. The Balaban J connectivity index is 1.56. The van der Waals surface area contributed by atoms with Crippen LogP contribution in [0.15, 0.2) is 46.1 Å². The zero-order valence-electron chi connectivity index (χ0n) is 10.1. The molecule has 18 heavy (non-hydrogen) atoms. The lowest BCUT2D eigenvalue weighted by atomic mass is 10.1. The van der Waals surface area contributed by atoms with Crippen LogP contribution in [0.25, 0.3) is 0 Å². The highest BCUT2D eigenvalue weighted by molar-refractivity contribution is 6.02. The number of nitrogens with one attached hydrogen (secondary N) is 1. The fourth-order valence-corrected chi connectivity index (χ4v) is 2.89. The molecule has 92 valence electrons. The van der Waals surface area contributed by atoms with Crippen LogP contribution >= 0.6 is 0 Å². The van der Waals surface area contributed by atoms with Crippen LogP contribution in [0.1, 0.15) is 19.3 Å². The maximum absolute atomic E-state index is 12.2. The van der Waals surface area contributed by atoms with Crippen LogP contribution < -0.4 is 5.32 Å². The highest BCUT2D eigenvalue weighted by Crippen LogP contribution is 2.51. The second kappa shape index (κ2) is 3.45. The van der Waals surface area contributed by atoms with Gasteiger partial charge < -0.3 is 10.4 Å². The van der Waals surface area contributed by atoms with Crippen LogP contribution in [0.4, 0.5) is 0 Å².